The summed E-state index contributed by atoms with van der Waals surface area (Å²) < 4.78 is 4.81. The van der Waals surface area contributed by atoms with E-state index >= 15 is 0 Å². The van der Waals surface area contributed by atoms with Crippen LogP contribution >= 0.6 is 0 Å². The molecule has 2 rings (SSSR count). The number of para-hydroxylation sites is 1. The lowest BCUT2D eigenvalue weighted by Gasteiger charge is -2.20. The molecule has 0 bridgehead atoms. The summed E-state index contributed by atoms with van der Waals surface area (Å²) in [6.07, 6.45) is 0.252. The Balaban J connectivity index is 2.21. The number of anilines is 1. The summed E-state index contributed by atoms with van der Waals surface area (Å²) in [5, 5.41) is 12.8. The van der Waals surface area contributed by atoms with Crippen molar-refractivity contribution in [3.63, 3.8) is 0 Å². The molecule has 1 aromatic carbocycles. The second kappa shape index (κ2) is 3.55. The SMILES string of the molecule is CCOC(=O)C1(O)Cc2ccccc2N1. The molecule has 0 radical (unpaired) electrons. The molecule has 2 N–H and O–H groups in total. The highest BCUT2D eigenvalue weighted by atomic mass is 16.6. The molecule has 15 heavy (non-hydrogen) atoms. The summed E-state index contributed by atoms with van der Waals surface area (Å²) in [6, 6.07) is 7.42. The Morgan fingerprint density at radius 2 is 2.33 bits per heavy atom. The van der Waals surface area contributed by atoms with Crippen molar-refractivity contribution >= 4 is 11.7 Å². The average molecular weight is 207 g/mol. The molecule has 4 nitrogen and oxygen atoms in total. The van der Waals surface area contributed by atoms with Crippen molar-refractivity contribution in [1.82, 2.24) is 0 Å². The first-order valence-corrected chi connectivity index (χ1v) is 4.91. The zero-order valence-electron chi connectivity index (χ0n) is 8.49. The predicted molar refractivity (Wildman–Crippen MR) is 55.4 cm³/mol. The van der Waals surface area contributed by atoms with Crippen molar-refractivity contribution in [1.29, 1.82) is 0 Å². The van der Waals surface area contributed by atoms with Gasteiger partial charge in [0.2, 0.25) is 5.72 Å². The smallest absolute Gasteiger partial charge is 0.359 e. The van der Waals surface area contributed by atoms with Gasteiger partial charge in [-0.3, -0.25) is 0 Å². The first-order valence-electron chi connectivity index (χ1n) is 4.91. The van der Waals surface area contributed by atoms with E-state index in [2.05, 4.69) is 5.32 Å². The van der Waals surface area contributed by atoms with E-state index in [9.17, 15) is 9.90 Å². The fourth-order valence-electron chi connectivity index (χ4n) is 1.71. The van der Waals surface area contributed by atoms with Gasteiger partial charge in [0.05, 0.1) is 6.61 Å². The molecule has 0 aromatic heterocycles. The van der Waals surface area contributed by atoms with Crippen LogP contribution in [0.1, 0.15) is 12.5 Å². The van der Waals surface area contributed by atoms with E-state index in [1.54, 1.807) is 6.92 Å². The van der Waals surface area contributed by atoms with Crippen LogP contribution < -0.4 is 5.32 Å². The number of esters is 1. The third kappa shape index (κ3) is 1.68. The average Bonchev–Trinajstić information content (AvgIpc) is 2.56. The molecule has 0 saturated carbocycles. The van der Waals surface area contributed by atoms with Crippen molar-refractivity contribution in [2.24, 2.45) is 0 Å². The zero-order valence-corrected chi connectivity index (χ0v) is 8.49. The van der Waals surface area contributed by atoms with Crippen LogP contribution in [0.15, 0.2) is 24.3 Å². The minimum absolute atomic E-state index is 0.252. The van der Waals surface area contributed by atoms with Gasteiger partial charge >= 0.3 is 5.97 Å². The van der Waals surface area contributed by atoms with Gasteiger partial charge in [-0.1, -0.05) is 18.2 Å². The summed E-state index contributed by atoms with van der Waals surface area (Å²) >= 11 is 0. The fraction of sp³-hybridized carbons (Fsp3) is 0.364. The van der Waals surface area contributed by atoms with Gasteiger partial charge in [-0.15, -0.1) is 0 Å². The zero-order chi connectivity index (χ0) is 10.9. The van der Waals surface area contributed by atoms with Crippen LogP contribution in [0.25, 0.3) is 0 Å². The maximum absolute atomic E-state index is 11.5. The Morgan fingerprint density at radius 3 is 3.00 bits per heavy atom. The molecule has 0 spiro atoms. The molecule has 0 fully saturated rings. The second-order valence-corrected chi connectivity index (χ2v) is 3.54. The lowest BCUT2D eigenvalue weighted by molar-refractivity contribution is -0.161. The molecule has 0 amide bonds. The van der Waals surface area contributed by atoms with E-state index < -0.39 is 11.7 Å². The van der Waals surface area contributed by atoms with Gasteiger partial charge in [0, 0.05) is 12.1 Å². The largest absolute Gasteiger partial charge is 0.462 e. The van der Waals surface area contributed by atoms with Crippen molar-refractivity contribution in [3.05, 3.63) is 29.8 Å². The van der Waals surface area contributed by atoms with Gasteiger partial charge in [0.15, 0.2) is 0 Å². The highest BCUT2D eigenvalue weighted by Crippen LogP contribution is 2.31. The number of carbonyl (C=O) groups is 1. The Hall–Kier alpha value is -1.55. The van der Waals surface area contributed by atoms with E-state index in [-0.39, 0.29) is 13.0 Å². The highest BCUT2D eigenvalue weighted by Gasteiger charge is 2.42. The maximum Gasteiger partial charge on any atom is 0.359 e. The van der Waals surface area contributed by atoms with Crippen LogP contribution in [0.2, 0.25) is 0 Å². The number of ether oxygens (including phenoxy) is 1. The molecule has 1 unspecified atom stereocenters. The number of nitrogens with one attached hydrogen (secondary N) is 1. The van der Waals surface area contributed by atoms with Crippen LogP contribution in [-0.2, 0) is 16.0 Å². The summed E-state index contributed by atoms with van der Waals surface area (Å²) in [6.45, 7) is 1.97. The Labute approximate surface area is 87.9 Å². The van der Waals surface area contributed by atoms with Gasteiger partial charge in [0.25, 0.3) is 0 Å². The quantitative estimate of drug-likeness (QED) is 0.707. The minimum atomic E-state index is -1.60. The molecular formula is C11H13NO3. The van der Waals surface area contributed by atoms with Gasteiger partial charge in [-0.2, -0.15) is 0 Å². The molecule has 1 atom stereocenters. The predicted octanol–water partition coefficient (Wildman–Crippen LogP) is 0.906. The summed E-state index contributed by atoms with van der Waals surface area (Å²) in [5.41, 5.74) is 0.112. The molecular weight excluding hydrogens is 194 g/mol. The normalized spacial score (nSPS) is 23.1. The van der Waals surface area contributed by atoms with Crippen molar-refractivity contribution in [2.75, 3.05) is 11.9 Å². The molecule has 4 heteroatoms. The van der Waals surface area contributed by atoms with Crippen molar-refractivity contribution in [3.8, 4) is 0 Å². The lowest BCUT2D eigenvalue weighted by atomic mass is 10.1. The number of rotatable bonds is 2. The van der Waals surface area contributed by atoms with Gasteiger partial charge in [-0.25, -0.2) is 4.79 Å². The third-order valence-corrected chi connectivity index (χ3v) is 2.42. The molecule has 80 valence electrons. The summed E-state index contributed by atoms with van der Waals surface area (Å²) in [7, 11) is 0. The number of fused-ring (bicyclic) bond motifs is 1. The van der Waals surface area contributed by atoms with Crippen LogP contribution in [0, 0.1) is 0 Å². The minimum Gasteiger partial charge on any atom is -0.462 e. The number of aliphatic hydroxyl groups is 1. The van der Waals surface area contributed by atoms with Crippen molar-refractivity contribution < 1.29 is 14.6 Å². The van der Waals surface area contributed by atoms with Crippen LogP contribution in [-0.4, -0.2) is 23.4 Å². The summed E-state index contributed by atoms with van der Waals surface area (Å²) in [4.78, 5) is 11.5. The highest BCUT2D eigenvalue weighted by molar-refractivity contribution is 5.85. The third-order valence-electron chi connectivity index (χ3n) is 2.42. The Kier molecular flexibility index (Phi) is 2.36. The Bertz CT molecular complexity index is 364. The Morgan fingerprint density at radius 1 is 1.60 bits per heavy atom. The number of benzene rings is 1. The van der Waals surface area contributed by atoms with Gasteiger partial charge < -0.3 is 15.2 Å². The molecule has 1 heterocycles. The van der Waals surface area contributed by atoms with Crippen LogP contribution in [0.5, 0.6) is 0 Å². The standard InChI is InChI=1S/C11H13NO3/c1-2-15-10(13)11(14)7-8-5-3-4-6-9(8)12-11/h3-6,12,14H,2,7H2,1H3. The second-order valence-electron chi connectivity index (χ2n) is 3.54. The molecule has 0 saturated heterocycles. The van der Waals surface area contributed by atoms with E-state index in [0.717, 1.165) is 11.3 Å². The molecule has 1 aromatic rings. The van der Waals surface area contributed by atoms with Crippen LogP contribution in [0.4, 0.5) is 5.69 Å². The van der Waals surface area contributed by atoms with E-state index in [4.69, 9.17) is 4.74 Å². The lowest BCUT2D eigenvalue weighted by Crippen LogP contribution is -2.46. The number of hydrogen-bond donors (Lipinski definition) is 2. The molecule has 1 aliphatic rings. The first kappa shape index (κ1) is 9.98. The monoisotopic (exact) mass is 207 g/mol. The van der Waals surface area contributed by atoms with E-state index in [1.807, 2.05) is 24.3 Å². The van der Waals surface area contributed by atoms with Crippen molar-refractivity contribution in [2.45, 2.75) is 19.1 Å². The summed E-state index contributed by atoms with van der Waals surface area (Å²) in [5.74, 6) is -0.624. The van der Waals surface area contributed by atoms with Gasteiger partial charge in [0.1, 0.15) is 0 Å². The maximum atomic E-state index is 11.5. The van der Waals surface area contributed by atoms with Gasteiger partial charge in [-0.05, 0) is 18.6 Å². The number of carbonyl (C=O) groups excluding carboxylic acids is 1. The molecule has 1 aliphatic heterocycles. The van der Waals surface area contributed by atoms with E-state index in [0.29, 0.717) is 0 Å². The van der Waals surface area contributed by atoms with Crippen LogP contribution in [0.3, 0.4) is 0 Å². The van der Waals surface area contributed by atoms with E-state index in [1.165, 1.54) is 0 Å². The topological polar surface area (TPSA) is 58.6 Å². The first-order chi connectivity index (χ1) is 7.15. The fourth-order valence-corrected chi connectivity index (χ4v) is 1.71. The number of hydrogen-bond acceptors (Lipinski definition) is 4. The molecule has 0 aliphatic carbocycles.